The maximum Gasteiger partial charge on any atom is 0.251 e. The summed E-state index contributed by atoms with van der Waals surface area (Å²) in [5.41, 5.74) is 1.62. The van der Waals surface area contributed by atoms with Crippen molar-refractivity contribution in [2.24, 2.45) is 0 Å². The highest BCUT2D eigenvalue weighted by Gasteiger charge is 2.14. The summed E-state index contributed by atoms with van der Waals surface area (Å²) in [6.07, 6.45) is 2.06. The lowest BCUT2D eigenvalue weighted by molar-refractivity contribution is 0.0939. The van der Waals surface area contributed by atoms with Crippen molar-refractivity contribution in [1.82, 2.24) is 5.32 Å². The molecule has 0 unspecified atom stereocenters. The molecular weight excluding hydrogens is 302 g/mol. The third-order valence-corrected chi connectivity index (χ3v) is 3.83. The van der Waals surface area contributed by atoms with Crippen LogP contribution in [0.15, 0.2) is 48.5 Å². The Morgan fingerprint density at radius 1 is 1.12 bits per heavy atom. The number of nitrogens with one attached hydrogen (secondary N) is 1. The molecule has 0 aliphatic heterocycles. The fourth-order valence-electron chi connectivity index (χ4n) is 2.36. The van der Waals surface area contributed by atoms with E-state index in [1.807, 2.05) is 37.3 Å². The first-order valence-electron chi connectivity index (χ1n) is 8.32. The Hall–Kier alpha value is -2.49. The number of hydrogen-bond donors (Lipinski definition) is 1. The summed E-state index contributed by atoms with van der Waals surface area (Å²) < 4.78 is 11.0. The zero-order valence-electron chi connectivity index (χ0n) is 14.5. The minimum atomic E-state index is -0.134. The number of methoxy groups -OCH3 is 1. The molecule has 0 radical (unpaired) electrons. The van der Waals surface area contributed by atoms with Gasteiger partial charge in [-0.1, -0.05) is 43.7 Å². The standard InChI is InChI=1S/C20H25NO3/c1-4-5-13-24-18-12-11-17(14-19(18)23-3)20(22)21-15(2)16-9-7-6-8-10-16/h6-12,14-15H,4-5,13H2,1-3H3,(H,21,22)/t15-/m0/s1. The highest BCUT2D eigenvalue weighted by molar-refractivity contribution is 5.95. The zero-order valence-corrected chi connectivity index (χ0v) is 14.5. The minimum absolute atomic E-state index is 0.0647. The fraction of sp³-hybridized carbons (Fsp3) is 0.350. The topological polar surface area (TPSA) is 47.6 Å². The Labute approximate surface area is 143 Å². The van der Waals surface area contributed by atoms with E-state index in [0.29, 0.717) is 23.7 Å². The van der Waals surface area contributed by atoms with Crippen LogP contribution in [0.5, 0.6) is 11.5 Å². The van der Waals surface area contributed by atoms with Crippen LogP contribution in [-0.4, -0.2) is 19.6 Å². The molecule has 0 saturated carbocycles. The Bertz CT molecular complexity index is 655. The molecule has 4 heteroatoms. The van der Waals surface area contributed by atoms with E-state index in [-0.39, 0.29) is 11.9 Å². The van der Waals surface area contributed by atoms with Crippen LogP contribution >= 0.6 is 0 Å². The Morgan fingerprint density at radius 2 is 1.88 bits per heavy atom. The first kappa shape index (κ1) is 17.9. The molecule has 0 heterocycles. The molecule has 1 N–H and O–H groups in total. The Balaban J connectivity index is 2.06. The van der Waals surface area contributed by atoms with Crippen LogP contribution in [0, 0.1) is 0 Å². The third kappa shape index (κ3) is 4.75. The molecule has 24 heavy (non-hydrogen) atoms. The van der Waals surface area contributed by atoms with E-state index in [1.54, 1.807) is 25.3 Å². The van der Waals surface area contributed by atoms with Crippen molar-refractivity contribution in [2.45, 2.75) is 32.7 Å². The maximum atomic E-state index is 12.5. The van der Waals surface area contributed by atoms with Crippen molar-refractivity contribution in [1.29, 1.82) is 0 Å². The van der Waals surface area contributed by atoms with E-state index in [1.165, 1.54) is 0 Å². The zero-order chi connectivity index (χ0) is 17.4. The van der Waals surface area contributed by atoms with Crippen LogP contribution in [0.2, 0.25) is 0 Å². The molecule has 2 aromatic carbocycles. The largest absolute Gasteiger partial charge is 0.493 e. The second-order valence-corrected chi connectivity index (χ2v) is 5.67. The Kier molecular flexibility index (Phi) is 6.67. The molecule has 0 aliphatic rings. The monoisotopic (exact) mass is 327 g/mol. The molecule has 0 saturated heterocycles. The van der Waals surface area contributed by atoms with Crippen LogP contribution in [0.4, 0.5) is 0 Å². The van der Waals surface area contributed by atoms with Crippen molar-refractivity contribution in [3.8, 4) is 11.5 Å². The third-order valence-electron chi connectivity index (χ3n) is 3.83. The van der Waals surface area contributed by atoms with Gasteiger partial charge in [-0.15, -0.1) is 0 Å². The quantitative estimate of drug-likeness (QED) is 0.733. The molecule has 0 spiro atoms. The summed E-state index contributed by atoms with van der Waals surface area (Å²) in [7, 11) is 1.58. The van der Waals surface area contributed by atoms with Gasteiger partial charge in [0.1, 0.15) is 0 Å². The summed E-state index contributed by atoms with van der Waals surface area (Å²) in [5.74, 6) is 1.11. The summed E-state index contributed by atoms with van der Waals surface area (Å²) in [4.78, 5) is 12.5. The number of unbranched alkanes of at least 4 members (excludes halogenated alkanes) is 1. The minimum Gasteiger partial charge on any atom is -0.493 e. The molecular formula is C20H25NO3. The first-order chi connectivity index (χ1) is 11.7. The summed E-state index contributed by atoms with van der Waals surface area (Å²) >= 11 is 0. The number of hydrogen-bond acceptors (Lipinski definition) is 3. The normalized spacial score (nSPS) is 11.6. The lowest BCUT2D eigenvalue weighted by Crippen LogP contribution is -2.26. The van der Waals surface area contributed by atoms with E-state index in [9.17, 15) is 4.79 Å². The van der Waals surface area contributed by atoms with Crippen LogP contribution in [-0.2, 0) is 0 Å². The van der Waals surface area contributed by atoms with E-state index in [4.69, 9.17) is 9.47 Å². The van der Waals surface area contributed by atoms with Crippen molar-refractivity contribution in [3.63, 3.8) is 0 Å². The van der Waals surface area contributed by atoms with Crippen LogP contribution in [0.25, 0.3) is 0 Å². The number of benzene rings is 2. The van der Waals surface area contributed by atoms with Gasteiger partial charge in [-0.2, -0.15) is 0 Å². The molecule has 128 valence electrons. The van der Waals surface area contributed by atoms with E-state index >= 15 is 0 Å². The summed E-state index contributed by atoms with van der Waals surface area (Å²) in [6, 6.07) is 15.1. The van der Waals surface area contributed by atoms with Gasteiger partial charge in [-0.25, -0.2) is 0 Å². The van der Waals surface area contributed by atoms with Gasteiger partial charge < -0.3 is 14.8 Å². The van der Waals surface area contributed by atoms with Crippen LogP contribution < -0.4 is 14.8 Å². The van der Waals surface area contributed by atoms with Crippen molar-refractivity contribution < 1.29 is 14.3 Å². The van der Waals surface area contributed by atoms with Gasteiger partial charge in [0.15, 0.2) is 11.5 Å². The second-order valence-electron chi connectivity index (χ2n) is 5.67. The van der Waals surface area contributed by atoms with Gasteiger partial charge in [0, 0.05) is 5.56 Å². The van der Waals surface area contributed by atoms with E-state index < -0.39 is 0 Å². The maximum absolute atomic E-state index is 12.5. The molecule has 0 bridgehead atoms. The average molecular weight is 327 g/mol. The predicted octanol–water partition coefficient (Wildman–Crippen LogP) is 4.37. The molecule has 2 rings (SSSR count). The van der Waals surface area contributed by atoms with Crippen LogP contribution in [0.3, 0.4) is 0 Å². The first-order valence-corrected chi connectivity index (χ1v) is 8.32. The lowest BCUT2D eigenvalue weighted by atomic mass is 10.1. The molecule has 0 aromatic heterocycles. The van der Waals surface area contributed by atoms with Gasteiger partial charge in [0.2, 0.25) is 0 Å². The Morgan fingerprint density at radius 3 is 2.54 bits per heavy atom. The van der Waals surface area contributed by atoms with Gasteiger partial charge in [-0.3, -0.25) is 4.79 Å². The molecule has 4 nitrogen and oxygen atoms in total. The van der Waals surface area contributed by atoms with Gasteiger partial charge in [0.05, 0.1) is 19.8 Å². The number of carbonyl (C=O) groups excluding carboxylic acids is 1. The average Bonchev–Trinajstić information content (AvgIpc) is 2.62. The smallest absolute Gasteiger partial charge is 0.251 e. The van der Waals surface area contributed by atoms with Crippen molar-refractivity contribution >= 4 is 5.91 Å². The van der Waals surface area contributed by atoms with Gasteiger partial charge in [0.25, 0.3) is 5.91 Å². The number of rotatable bonds is 8. The molecule has 1 atom stereocenters. The second kappa shape index (κ2) is 8.96. The van der Waals surface area contributed by atoms with Crippen molar-refractivity contribution in [2.75, 3.05) is 13.7 Å². The number of ether oxygens (including phenoxy) is 2. The highest BCUT2D eigenvalue weighted by Crippen LogP contribution is 2.28. The van der Waals surface area contributed by atoms with E-state index in [2.05, 4.69) is 12.2 Å². The van der Waals surface area contributed by atoms with Gasteiger partial charge >= 0.3 is 0 Å². The molecule has 0 aliphatic carbocycles. The predicted molar refractivity (Wildman–Crippen MR) is 95.7 cm³/mol. The number of amides is 1. The molecule has 0 fully saturated rings. The summed E-state index contributed by atoms with van der Waals surface area (Å²) in [5, 5.41) is 3.00. The van der Waals surface area contributed by atoms with Crippen LogP contribution in [0.1, 0.15) is 48.7 Å². The fourth-order valence-corrected chi connectivity index (χ4v) is 2.36. The van der Waals surface area contributed by atoms with Crippen molar-refractivity contribution in [3.05, 3.63) is 59.7 Å². The summed E-state index contributed by atoms with van der Waals surface area (Å²) in [6.45, 7) is 4.72. The number of carbonyl (C=O) groups is 1. The lowest BCUT2D eigenvalue weighted by Gasteiger charge is -2.16. The van der Waals surface area contributed by atoms with E-state index in [0.717, 1.165) is 18.4 Å². The van der Waals surface area contributed by atoms with Gasteiger partial charge in [-0.05, 0) is 37.1 Å². The highest BCUT2D eigenvalue weighted by atomic mass is 16.5. The molecule has 2 aromatic rings. The SMILES string of the molecule is CCCCOc1ccc(C(=O)N[C@@H](C)c2ccccc2)cc1OC. The molecule has 1 amide bonds.